The van der Waals surface area contributed by atoms with Crippen LogP contribution >= 0.6 is 0 Å². The van der Waals surface area contributed by atoms with Crippen LogP contribution in [0, 0.1) is 0 Å². The molecule has 0 aliphatic rings. The van der Waals surface area contributed by atoms with Crippen LogP contribution in [0.25, 0.3) is 0 Å². The number of ether oxygens (including phenoxy) is 1. The summed E-state index contributed by atoms with van der Waals surface area (Å²) in [6.45, 7) is 1.35. The van der Waals surface area contributed by atoms with E-state index in [0.717, 1.165) is 12.1 Å². The van der Waals surface area contributed by atoms with Gasteiger partial charge in [0.2, 0.25) is 0 Å². The number of aliphatic carboxylic acids is 1. The number of nitrogens with one attached hydrogen (secondary N) is 1. The summed E-state index contributed by atoms with van der Waals surface area (Å²) in [5, 5.41) is 11.3. The summed E-state index contributed by atoms with van der Waals surface area (Å²) >= 11 is 0. The zero-order valence-electron chi connectivity index (χ0n) is 12.0. The Labute approximate surface area is 125 Å². The maximum Gasteiger partial charge on any atom is 0.416 e. The molecule has 0 aliphatic heterocycles. The van der Waals surface area contributed by atoms with E-state index in [-0.39, 0.29) is 12.2 Å². The number of benzene rings is 1. The minimum atomic E-state index is -4.56. The first-order valence-corrected chi connectivity index (χ1v) is 6.28. The smallest absolute Gasteiger partial charge is 0.416 e. The van der Waals surface area contributed by atoms with Crippen molar-refractivity contribution in [2.75, 3.05) is 13.7 Å². The number of halogens is 3. The van der Waals surface area contributed by atoms with Crippen LogP contribution in [0.5, 0.6) is 0 Å². The van der Waals surface area contributed by atoms with E-state index >= 15 is 0 Å². The predicted octanol–water partition coefficient (Wildman–Crippen LogP) is 2.32. The second kappa shape index (κ2) is 6.78. The standard InChI is InChI=1S/C14H16F3NO4/c1-13(8-22-2,7-11(19)20)18-12(21)9-4-3-5-10(6-9)14(15,16)17/h3-6H,7-8H2,1-2H3,(H,18,21)(H,19,20). The zero-order valence-corrected chi connectivity index (χ0v) is 12.0. The predicted molar refractivity (Wildman–Crippen MR) is 71.4 cm³/mol. The largest absolute Gasteiger partial charge is 0.481 e. The zero-order chi connectivity index (χ0) is 17.0. The molecule has 1 aromatic carbocycles. The van der Waals surface area contributed by atoms with Crippen LogP contribution in [0.4, 0.5) is 13.2 Å². The van der Waals surface area contributed by atoms with Crippen LogP contribution in [0.1, 0.15) is 29.3 Å². The van der Waals surface area contributed by atoms with Gasteiger partial charge in [0, 0.05) is 12.7 Å². The third-order valence-corrected chi connectivity index (χ3v) is 2.87. The lowest BCUT2D eigenvalue weighted by molar-refractivity contribution is -0.139. The van der Waals surface area contributed by atoms with E-state index < -0.39 is 35.6 Å². The average Bonchev–Trinajstić information content (AvgIpc) is 2.36. The van der Waals surface area contributed by atoms with E-state index in [1.54, 1.807) is 0 Å². The Kier molecular flexibility index (Phi) is 5.54. The molecule has 0 fully saturated rings. The van der Waals surface area contributed by atoms with Crippen molar-refractivity contribution in [3.8, 4) is 0 Å². The third kappa shape index (κ3) is 5.03. The molecule has 0 spiro atoms. The van der Waals surface area contributed by atoms with Crippen molar-refractivity contribution in [2.24, 2.45) is 0 Å². The van der Waals surface area contributed by atoms with Crippen LogP contribution < -0.4 is 5.32 Å². The van der Waals surface area contributed by atoms with Crippen molar-refractivity contribution in [1.29, 1.82) is 0 Å². The number of alkyl halides is 3. The van der Waals surface area contributed by atoms with E-state index in [4.69, 9.17) is 9.84 Å². The Morgan fingerprint density at radius 2 is 1.95 bits per heavy atom. The van der Waals surface area contributed by atoms with Crippen LogP contribution in [0.15, 0.2) is 24.3 Å². The fourth-order valence-corrected chi connectivity index (χ4v) is 1.97. The van der Waals surface area contributed by atoms with Crippen molar-refractivity contribution in [3.05, 3.63) is 35.4 Å². The van der Waals surface area contributed by atoms with E-state index in [1.165, 1.54) is 20.1 Å². The van der Waals surface area contributed by atoms with Gasteiger partial charge in [-0.3, -0.25) is 9.59 Å². The number of hydrogen-bond acceptors (Lipinski definition) is 3. The van der Waals surface area contributed by atoms with Crippen molar-refractivity contribution in [1.82, 2.24) is 5.32 Å². The monoisotopic (exact) mass is 319 g/mol. The van der Waals surface area contributed by atoms with E-state index in [2.05, 4.69) is 5.32 Å². The highest BCUT2D eigenvalue weighted by Gasteiger charge is 2.33. The van der Waals surface area contributed by atoms with E-state index in [0.29, 0.717) is 6.07 Å². The minimum Gasteiger partial charge on any atom is -0.481 e. The Balaban J connectivity index is 2.98. The molecule has 1 unspecified atom stereocenters. The highest BCUT2D eigenvalue weighted by atomic mass is 19.4. The summed E-state index contributed by atoms with van der Waals surface area (Å²) in [7, 11) is 1.33. The maximum absolute atomic E-state index is 12.6. The molecule has 1 atom stereocenters. The van der Waals surface area contributed by atoms with Crippen molar-refractivity contribution < 1.29 is 32.6 Å². The second-order valence-corrected chi connectivity index (χ2v) is 5.10. The van der Waals surface area contributed by atoms with Gasteiger partial charge in [-0.1, -0.05) is 6.07 Å². The van der Waals surface area contributed by atoms with Crippen molar-refractivity contribution >= 4 is 11.9 Å². The van der Waals surface area contributed by atoms with Gasteiger partial charge in [-0.05, 0) is 25.1 Å². The molecular weight excluding hydrogens is 303 g/mol. The molecule has 0 radical (unpaired) electrons. The Hall–Kier alpha value is -2.09. The number of carbonyl (C=O) groups is 2. The highest BCUT2D eigenvalue weighted by Crippen LogP contribution is 2.29. The van der Waals surface area contributed by atoms with Gasteiger partial charge >= 0.3 is 12.1 Å². The molecule has 1 amide bonds. The van der Waals surface area contributed by atoms with E-state index in [1.807, 2.05) is 0 Å². The lowest BCUT2D eigenvalue weighted by Crippen LogP contribution is -2.50. The van der Waals surface area contributed by atoms with E-state index in [9.17, 15) is 22.8 Å². The molecule has 5 nitrogen and oxygen atoms in total. The molecule has 122 valence electrons. The molecule has 8 heteroatoms. The quantitative estimate of drug-likeness (QED) is 0.844. The number of carboxylic acids is 1. The maximum atomic E-state index is 12.6. The molecule has 1 aromatic rings. The number of methoxy groups -OCH3 is 1. The average molecular weight is 319 g/mol. The van der Waals surface area contributed by atoms with Gasteiger partial charge in [-0.25, -0.2) is 0 Å². The summed E-state index contributed by atoms with van der Waals surface area (Å²) in [6, 6.07) is 3.90. The first-order valence-electron chi connectivity index (χ1n) is 6.28. The van der Waals surface area contributed by atoms with Gasteiger partial charge in [0.25, 0.3) is 5.91 Å². The first kappa shape index (κ1) is 18.0. The molecule has 1 rings (SSSR count). The highest BCUT2D eigenvalue weighted by molar-refractivity contribution is 5.95. The summed E-state index contributed by atoms with van der Waals surface area (Å²) < 4.78 is 42.8. The van der Waals surface area contributed by atoms with Gasteiger partial charge in [-0.2, -0.15) is 13.2 Å². The van der Waals surface area contributed by atoms with Gasteiger partial charge in [0.1, 0.15) is 0 Å². The lowest BCUT2D eigenvalue weighted by atomic mass is 9.98. The number of carbonyl (C=O) groups excluding carboxylic acids is 1. The lowest BCUT2D eigenvalue weighted by Gasteiger charge is -2.28. The summed E-state index contributed by atoms with van der Waals surface area (Å²) in [4.78, 5) is 22.9. The fourth-order valence-electron chi connectivity index (χ4n) is 1.97. The molecule has 0 bridgehead atoms. The number of hydrogen-bond donors (Lipinski definition) is 2. The number of rotatable bonds is 6. The SMILES string of the molecule is COCC(C)(CC(=O)O)NC(=O)c1cccc(C(F)(F)F)c1. The Morgan fingerprint density at radius 1 is 1.32 bits per heavy atom. The number of amides is 1. The summed E-state index contributed by atoms with van der Waals surface area (Å²) in [5.41, 5.74) is -2.39. The van der Waals surface area contributed by atoms with Crippen LogP contribution in [0.3, 0.4) is 0 Å². The Bertz CT molecular complexity index is 559. The minimum absolute atomic E-state index is 0.0933. The Morgan fingerprint density at radius 3 is 2.45 bits per heavy atom. The molecule has 0 heterocycles. The van der Waals surface area contributed by atoms with Gasteiger partial charge < -0.3 is 15.2 Å². The van der Waals surface area contributed by atoms with Crippen LogP contribution in [0.2, 0.25) is 0 Å². The fraction of sp³-hybridized carbons (Fsp3) is 0.429. The topological polar surface area (TPSA) is 75.6 Å². The number of carboxylic acid groups (broad SMARTS) is 1. The molecular formula is C14H16F3NO4. The molecule has 0 saturated heterocycles. The molecule has 0 aromatic heterocycles. The van der Waals surface area contributed by atoms with Gasteiger partial charge in [-0.15, -0.1) is 0 Å². The van der Waals surface area contributed by atoms with Crippen LogP contribution in [-0.4, -0.2) is 36.2 Å². The van der Waals surface area contributed by atoms with Gasteiger partial charge in [0.15, 0.2) is 0 Å². The summed E-state index contributed by atoms with van der Waals surface area (Å²) in [6.07, 6.45) is -4.99. The molecule has 22 heavy (non-hydrogen) atoms. The molecule has 0 aliphatic carbocycles. The van der Waals surface area contributed by atoms with Gasteiger partial charge in [0.05, 0.1) is 24.1 Å². The van der Waals surface area contributed by atoms with Crippen molar-refractivity contribution in [2.45, 2.75) is 25.1 Å². The summed E-state index contributed by atoms with van der Waals surface area (Å²) in [5.74, 6) is -1.96. The first-order chi connectivity index (χ1) is 10.1. The normalized spacial score (nSPS) is 14.2. The second-order valence-electron chi connectivity index (χ2n) is 5.10. The third-order valence-electron chi connectivity index (χ3n) is 2.87. The molecule has 2 N–H and O–H groups in total. The molecule has 0 saturated carbocycles. The van der Waals surface area contributed by atoms with Crippen molar-refractivity contribution in [3.63, 3.8) is 0 Å². The van der Waals surface area contributed by atoms with Crippen LogP contribution in [-0.2, 0) is 15.7 Å².